The molecule has 0 atom stereocenters. The van der Waals surface area contributed by atoms with Gasteiger partial charge in [0.05, 0.1) is 0 Å². The molecule has 15 heavy (non-hydrogen) atoms. The van der Waals surface area contributed by atoms with Crippen LogP contribution in [0.1, 0.15) is 18.9 Å². The average Bonchev–Trinajstić information content (AvgIpc) is 2.62. The highest BCUT2D eigenvalue weighted by atomic mass is 19.1. The lowest BCUT2D eigenvalue weighted by atomic mass is 10.1. The molecule has 0 fully saturated rings. The third kappa shape index (κ3) is 2.02. The molecular weight excluding hydrogens is 189 g/mol. The normalized spacial score (nSPS) is 10.0. The van der Waals surface area contributed by atoms with Crippen molar-refractivity contribution in [1.82, 2.24) is 4.98 Å². The van der Waals surface area contributed by atoms with Gasteiger partial charge in [-0.1, -0.05) is 0 Å². The second kappa shape index (κ2) is 4.18. The Kier molecular flexibility index (Phi) is 2.73. The van der Waals surface area contributed by atoms with Crippen LogP contribution in [-0.2, 0) is 6.42 Å². The third-order valence-corrected chi connectivity index (χ3v) is 2.43. The molecule has 1 aromatic heterocycles. The molecule has 76 valence electrons. The summed E-state index contributed by atoms with van der Waals surface area (Å²) in [5.41, 5.74) is 2.11. The molecule has 2 heteroatoms. The van der Waals surface area contributed by atoms with Crippen molar-refractivity contribution in [2.24, 2.45) is 0 Å². The number of aryl methyl sites for hydroxylation is 1. The Hall–Kier alpha value is -1.75. The van der Waals surface area contributed by atoms with Gasteiger partial charge in [0.1, 0.15) is 5.82 Å². The molecule has 2 aromatic rings. The first kappa shape index (κ1) is 9.79. The lowest BCUT2D eigenvalue weighted by Crippen LogP contribution is -1.81. The van der Waals surface area contributed by atoms with Crippen LogP contribution in [0.15, 0.2) is 24.4 Å². The van der Waals surface area contributed by atoms with Crippen LogP contribution in [0, 0.1) is 17.7 Å². The summed E-state index contributed by atoms with van der Waals surface area (Å²) in [5, 5.41) is 0.966. The summed E-state index contributed by atoms with van der Waals surface area (Å²) in [6.45, 7) is 1.83. The largest absolute Gasteiger partial charge is 0.361 e. The van der Waals surface area contributed by atoms with Crippen LogP contribution in [0.2, 0.25) is 0 Å². The molecule has 0 amide bonds. The minimum absolute atomic E-state index is 0.190. The zero-order valence-corrected chi connectivity index (χ0v) is 8.60. The highest BCUT2D eigenvalue weighted by Crippen LogP contribution is 2.20. The fourth-order valence-electron chi connectivity index (χ4n) is 1.68. The third-order valence-electron chi connectivity index (χ3n) is 2.43. The first-order valence-corrected chi connectivity index (χ1v) is 4.96. The molecule has 2 rings (SSSR count). The summed E-state index contributed by atoms with van der Waals surface area (Å²) >= 11 is 0. The van der Waals surface area contributed by atoms with Gasteiger partial charge < -0.3 is 4.98 Å². The predicted octanol–water partition coefficient (Wildman–Crippen LogP) is 3.26. The van der Waals surface area contributed by atoms with E-state index in [2.05, 4.69) is 16.8 Å². The molecule has 0 radical (unpaired) electrons. The zero-order valence-electron chi connectivity index (χ0n) is 8.60. The van der Waals surface area contributed by atoms with Crippen molar-refractivity contribution in [3.05, 3.63) is 35.8 Å². The summed E-state index contributed by atoms with van der Waals surface area (Å²) in [6, 6.07) is 4.80. The molecule has 0 spiro atoms. The molecule has 1 N–H and O–H groups in total. The van der Waals surface area contributed by atoms with E-state index >= 15 is 0 Å². The Morgan fingerprint density at radius 1 is 1.40 bits per heavy atom. The Morgan fingerprint density at radius 2 is 2.27 bits per heavy atom. The number of hydrogen-bond donors (Lipinski definition) is 1. The van der Waals surface area contributed by atoms with E-state index in [1.54, 1.807) is 12.1 Å². The molecule has 0 saturated heterocycles. The van der Waals surface area contributed by atoms with Gasteiger partial charge in [-0.25, -0.2) is 4.39 Å². The highest BCUT2D eigenvalue weighted by molar-refractivity contribution is 5.83. The summed E-state index contributed by atoms with van der Waals surface area (Å²) in [5.74, 6) is 5.67. The number of halogens is 1. The summed E-state index contributed by atoms with van der Waals surface area (Å²) < 4.78 is 13.0. The minimum atomic E-state index is -0.190. The summed E-state index contributed by atoms with van der Waals surface area (Å²) in [6.07, 6.45) is 3.62. The standard InChI is InChI=1S/C13H12FN/c1-2-3-4-5-10-9-15-13-7-6-11(14)8-12(10)13/h6-9,15H,4-5H2,1H3. The SMILES string of the molecule is CC#CCCc1c[nH]c2ccc(F)cc12. The van der Waals surface area contributed by atoms with E-state index in [9.17, 15) is 4.39 Å². The minimum Gasteiger partial charge on any atom is -0.361 e. The van der Waals surface area contributed by atoms with E-state index in [1.165, 1.54) is 6.07 Å². The summed E-state index contributed by atoms with van der Waals surface area (Å²) in [7, 11) is 0. The van der Waals surface area contributed by atoms with Crippen LogP contribution in [0.25, 0.3) is 10.9 Å². The Bertz CT molecular complexity index is 528. The second-order valence-corrected chi connectivity index (χ2v) is 3.43. The van der Waals surface area contributed by atoms with Crippen molar-refractivity contribution in [3.8, 4) is 11.8 Å². The smallest absolute Gasteiger partial charge is 0.123 e. The van der Waals surface area contributed by atoms with Gasteiger partial charge in [-0.3, -0.25) is 0 Å². The fourth-order valence-corrected chi connectivity index (χ4v) is 1.68. The maximum Gasteiger partial charge on any atom is 0.123 e. The maximum atomic E-state index is 13.0. The second-order valence-electron chi connectivity index (χ2n) is 3.43. The number of benzene rings is 1. The van der Waals surface area contributed by atoms with Crippen LogP contribution in [0.4, 0.5) is 4.39 Å². The van der Waals surface area contributed by atoms with Crippen molar-refractivity contribution in [2.45, 2.75) is 19.8 Å². The van der Waals surface area contributed by atoms with E-state index in [-0.39, 0.29) is 5.82 Å². The molecular formula is C13H12FN. The first-order chi connectivity index (χ1) is 7.31. The van der Waals surface area contributed by atoms with Gasteiger partial charge in [0, 0.05) is 23.5 Å². The van der Waals surface area contributed by atoms with Crippen molar-refractivity contribution < 1.29 is 4.39 Å². The maximum absolute atomic E-state index is 13.0. The molecule has 1 nitrogen and oxygen atoms in total. The predicted molar refractivity (Wildman–Crippen MR) is 60.0 cm³/mol. The molecule has 0 aliphatic heterocycles. The van der Waals surface area contributed by atoms with Crippen LogP contribution in [0.3, 0.4) is 0 Å². The Morgan fingerprint density at radius 3 is 3.07 bits per heavy atom. The molecule has 0 bridgehead atoms. The van der Waals surface area contributed by atoms with Crippen LogP contribution >= 0.6 is 0 Å². The van der Waals surface area contributed by atoms with Crippen LogP contribution < -0.4 is 0 Å². The van der Waals surface area contributed by atoms with E-state index in [1.807, 2.05) is 13.1 Å². The van der Waals surface area contributed by atoms with E-state index < -0.39 is 0 Å². The van der Waals surface area contributed by atoms with Gasteiger partial charge in [0.25, 0.3) is 0 Å². The topological polar surface area (TPSA) is 15.8 Å². The molecule has 0 saturated carbocycles. The van der Waals surface area contributed by atoms with E-state index in [0.717, 1.165) is 29.3 Å². The van der Waals surface area contributed by atoms with Gasteiger partial charge in [-0.15, -0.1) is 11.8 Å². The van der Waals surface area contributed by atoms with Gasteiger partial charge in [-0.05, 0) is 37.1 Å². The van der Waals surface area contributed by atoms with Gasteiger partial charge in [-0.2, -0.15) is 0 Å². The lowest BCUT2D eigenvalue weighted by Gasteiger charge is -1.95. The van der Waals surface area contributed by atoms with Crippen LogP contribution in [0.5, 0.6) is 0 Å². The van der Waals surface area contributed by atoms with Crippen molar-refractivity contribution in [2.75, 3.05) is 0 Å². The number of nitrogens with one attached hydrogen (secondary N) is 1. The fraction of sp³-hybridized carbons (Fsp3) is 0.231. The zero-order chi connectivity index (χ0) is 10.7. The quantitative estimate of drug-likeness (QED) is 0.718. The van der Waals surface area contributed by atoms with E-state index in [0.29, 0.717) is 0 Å². The average molecular weight is 201 g/mol. The summed E-state index contributed by atoms with van der Waals surface area (Å²) in [4.78, 5) is 3.13. The van der Waals surface area contributed by atoms with Crippen molar-refractivity contribution >= 4 is 10.9 Å². The number of aromatic amines is 1. The number of hydrogen-bond acceptors (Lipinski definition) is 0. The number of fused-ring (bicyclic) bond motifs is 1. The Labute approximate surface area is 88.3 Å². The molecule has 1 aromatic carbocycles. The first-order valence-electron chi connectivity index (χ1n) is 4.96. The van der Waals surface area contributed by atoms with Crippen molar-refractivity contribution in [3.63, 3.8) is 0 Å². The lowest BCUT2D eigenvalue weighted by molar-refractivity contribution is 0.629. The number of rotatable bonds is 2. The van der Waals surface area contributed by atoms with Crippen LogP contribution in [-0.4, -0.2) is 4.98 Å². The molecule has 0 unspecified atom stereocenters. The molecule has 0 aliphatic carbocycles. The highest BCUT2D eigenvalue weighted by Gasteiger charge is 2.03. The van der Waals surface area contributed by atoms with Gasteiger partial charge >= 0.3 is 0 Å². The number of aromatic nitrogens is 1. The Balaban J connectivity index is 2.33. The van der Waals surface area contributed by atoms with Gasteiger partial charge in [0.2, 0.25) is 0 Å². The van der Waals surface area contributed by atoms with Crippen molar-refractivity contribution in [1.29, 1.82) is 0 Å². The molecule has 0 aliphatic rings. The monoisotopic (exact) mass is 201 g/mol. The molecule has 1 heterocycles. The van der Waals surface area contributed by atoms with Gasteiger partial charge in [0.15, 0.2) is 0 Å². The number of H-pyrrole nitrogens is 1. The van der Waals surface area contributed by atoms with E-state index in [4.69, 9.17) is 0 Å².